The summed E-state index contributed by atoms with van der Waals surface area (Å²) >= 11 is 5.87. The van der Waals surface area contributed by atoms with Gasteiger partial charge < -0.3 is 14.4 Å². The molecule has 0 saturated carbocycles. The first-order valence-corrected chi connectivity index (χ1v) is 6.68. The summed E-state index contributed by atoms with van der Waals surface area (Å²) in [5, 5.41) is 10.1. The molecule has 1 amide bonds. The summed E-state index contributed by atoms with van der Waals surface area (Å²) in [6.45, 7) is 0.739. The number of fused-ring (bicyclic) bond motifs is 1. The van der Waals surface area contributed by atoms with E-state index < -0.39 is 24.7 Å². The van der Waals surface area contributed by atoms with E-state index in [-0.39, 0.29) is 5.76 Å². The predicted octanol–water partition coefficient (Wildman–Crippen LogP) is 3.39. The summed E-state index contributed by atoms with van der Waals surface area (Å²) in [7, 11) is 1.16. The van der Waals surface area contributed by atoms with E-state index in [4.69, 9.17) is 21.1 Å². The number of likely N-dealkylation sites (N-methyl/N-ethyl adjacent to an activating group) is 1. The highest BCUT2D eigenvalue weighted by atomic mass is 35.5. The monoisotopic (exact) mass is 335 g/mol. The van der Waals surface area contributed by atoms with Crippen molar-refractivity contribution in [3.05, 3.63) is 34.5 Å². The summed E-state index contributed by atoms with van der Waals surface area (Å²) in [6.07, 6.45) is -7.40. The largest absolute Gasteiger partial charge is 0.451 e. The zero-order valence-electron chi connectivity index (χ0n) is 11.7. The van der Waals surface area contributed by atoms with Gasteiger partial charge in [0.15, 0.2) is 11.9 Å². The maximum atomic E-state index is 12.3. The zero-order chi connectivity index (χ0) is 16.7. The van der Waals surface area contributed by atoms with Crippen molar-refractivity contribution in [1.29, 1.82) is 0 Å². The van der Waals surface area contributed by atoms with Crippen molar-refractivity contribution >= 4 is 28.5 Å². The van der Waals surface area contributed by atoms with Gasteiger partial charge in [0.25, 0.3) is 5.91 Å². The van der Waals surface area contributed by atoms with Crippen molar-refractivity contribution in [3.8, 4) is 0 Å². The molecule has 120 valence electrons. The topological polar surface area (TPSA) is 53.7 Å². The highest BCUT2D eigenvalue weighted by molar-refractivity contribution is 6.31. The maximum Gasteiger partial charge on any atom is 0.416 e. The van der Waals surface area contributed by atoms with E-state index in [0.717, 1.165) is 11.9 Å². The number of hydrogen-bond acceptors (Lipinski definition) is 3. The summed E-state index contributed by atoms with van der Waals surface area (Å²) in [5.41, 5.74) is 0.894. The lowest BCUT2D eigenvalue weighted by molar-refractivity contribution is -0.205. The minimum atomic E-state index is -4.79. The van der Waals surface area contributed by atoms with E-state index in [1.54, 1.807) is 25.1 Å². The van der Waals surface area contributed by atoms with Gasteiger partial charge in [-0.05, 0) is 25.1 Å². The number of halogens is 4. The standard InChI is InChI=1S/C14H13ClF3NO3/c1-7-9-5-8(15)3-4-10(9)22-12(7)13(21)19(2)6-11(20)14(16,17)18/h3-5,11,20H,6H2,1-2H3. The molecule has 1 unspecified atom stereocenters. The molecule has 1 aromatic heterocycles. The van der Waals surface area contributed by atoms with Crippen LogP contribution in [0.3, 0.4) is 0 Å². The average Bonchev–Trinajstić information content (AvgIpc) is 2.74. The molecule has 0 aliphatic heterocycles. The van der Waals surface area contributed by atoms with Crippen molar-refractivity contribution in [2.75, 3.05) is 13.6 Å². The van der Waals surface area contributed by atoms with Crippen molar-refractivity contribution in [1.82, 2.24) is 4.90 Å². The fourth-order valence-corrected chi connectivity index (χ4v) is 2.19. The Morgan fingerprint density at radius 2 is 2.09 bits per heavy atom. The molecular weight excluding hydrogens is 323 g/mol. The molecule has 0 spiro atoms. The zero-order valence-corrected chi connectivity index (χ0v) is 12.5. The molecule has 1 aromatic carbocycles. The van der Waals surface area contributed by atoms with E-state index >= 15 is 0 Å². The minimum Gasteiger partial charge on any atom is -0.451 e. The van der Waals surface area contributed by atoms with Gasteiger partial charge in [0.05, 0.1) is 6.54 Å². The van der Waals surface area contributed by atoms with E-state index in [0.29, 0.717) is 21.6 Å². The van der Waals surface area contributed by atoms with Crippen LogP contribution in [0.25, 0.3) is 11.0 Å². The number of benzene rings is 1. The Bertz CT molecular complexity index is 711. The Hall–Kier alpha value is -1.73. The van der Waals surface area contributed by atoms with Crippen LogP contribution in [-0.4, -0.2) is 41.8 Å². The second-order valence-corrected chi connectivity index (χ2v) is 5.38. The molecule has 2 aromatic rings. The van der Waals surface area contributed by atoms with Gasteiger partial charge >= 0.3 is 6.18 Å². The van der Waals surface area contributed by atoms with Gasteiger partial charge in [0, 0.05) is 23.0 Å². The van der Waals surface area contributed by atoms with Crippen LogP contribution in [0.4, 0.5) is 13.2 Å². The van der Waals surface area contributed by atoms with Gasteiger partial charge in [-0.1, -0.05) is 11.6 Å². The molecule has 4 nitrogen and oxygen atoms in total. The van der Waals surface area contributed by atoms with Crippen LogP contribution in [-0.2, 0) is 0 Å². The number of hydrogen-bond donors (Lipinski definition) is 1. The van der Waals surface area contributed by atoms with Crippen molar-refractivity contribution in [3.63, 3.8) is 0 Å². The average molecular weight is 336 g/mol. The highest BCUT2D eigenvalue weighted by Gasteiger charge is 2.39. The van der Waals surface area contributed by atoms with Crippen LogP contribution in [0.1, 0.15) is 16.1 Å². The van der Waals surface area contributed by atoms with Gasteiger partial charge in [-0.2, -0.15) is 13.2 Å². The Kier molecular flexibility index (Phi) is 4.39. The lowest BCUT2D eigenvalue weighted by Crippen LogP contribution is -2.41. The number of aryl methyl sites for hydroxylation is 1. The number of amides is 1. The first-order valence-electron chi connectivity index (χ1n) is 6.30. The fourth-order valence-electron chi connectivity index (χ4n) is 2.02. The van der Waals surface area contributed by atoms with Crippen LogP contribution in [0, 0.1) is 6.92 Å². The highest BCUT2D eigenvalue weighted by Crippen LogP contribution is 2.29. The van der Waals surface area contributed by atoms with E-state index in [2.05, 4.69) is 0 Å². The van der Waals surface area contributed by atoms with Gasteiger partial charge in [0.2, 0.25) is 0 Å². The molecule has 0 radical (unpaired) electrons. The van der Waals surface area contributed by atoms with E-state index in [1.165, 1.54) is 0 Å². The van der Waals surface area contributed by atoms with Crippen LogP contribution >= 0.6 is 11.6 Å². The number of carbonyl (C=O) groups excluding carboxylic acids is 1. The maximum absolute atomic E-state index is 12.3. The molecule has 1 heterocycles. The first kappa shape index (κ1) is 16.6. The smallest absolute Gasteiger partial charge is 0.416 e. The third kappa shape index (κ3) is 3.20. The molecule has 22 heavy (non-hydrogen) atoms. The van der Waals surface area contributed by atoms with Gasteiger partial charge in [-0.25, -0.2) is 0 Å². The number of alkyl halides is 3. The number of nitrogens with zero attached hydrogens (tertiary/aromatic N) is 1. The molecule has 8 heteroatoms. The Morgan fingerprint density at radius 1 is 1.45 bits per heavy atom. The van der Waals surface area contributed by atoms with Crippen LogP contribution in [0.5, 0.6) is 0 Å². The molecule has 1 N–H and O–H groups in total. The molecule has 0 aliphatic rings. The van der Waals surface area contributed by atoms with Gasteiger partial charge in [-0.3, -0.25) is 4.79 Å². The van der Waals surface area contributed by atoms with E-state index in [1.807, 2.05) is 0 Å². The Morgan fingerprint density at radius 3 is 2.68 bits per heavy atom. The predicted molar refractivity (Wildman–Crippen MR) is 75.0 cm³/mol. The van der Waals surface area contributed by atoms with Crippen LogP contribution < -0.4 is 0 Å². The second-order valence-electron chi connectivity index (χ2n) is 4.94. The van der Waals surface area contributed by atoms with Gasteiger partial charge in [-0.15, -0.1) is 0 Å². The summed E-state index contributed by atoms with van der Waals surface area (Å²) < 4.78 is 42.4. The molecule has 1 atom stereocenters. The number of aliphatic hydroxyl groups excluding tert-OH is 1. The Balaban J connectivity index is 2.28. The number of rotatable bonds is 3. The lowest BCUT2D eigenvalue weighted by atomic mass is 10.1. The number of aliphatic hydroxyl groups is 1. The van der Waals surface area contributed by atoms with Crippen LogP contribution in [0.2, 0.25) is 5.02 Å². The van der Waals surface area contributed by atoms with Gasteiger partial charge in [0.1, 0.15) is 5.58 Å². The van der Waals surface area contributed by atoms with Crippen molar-refractivity contribution in [2.24, 2.45) is 0 Å². The first-order chi connectivity index (χ1) is 10.1. The fraction of sp³-hybridized carbons (Fsp3) is 0.357. The summed E-state index contributed by atoms with van der Waals surface area (Å²) in [4.78, 5) is 13.0. The number of carbonyl (C=O) groups is 1. The Labute approximate surface area is 129 Å². The molecule has 0 bridgehead atoms. The molecule has 2 rings (SSSR count). The third-order valence-electron chi connectivity index (χ3n) is 3.26. The normalized spacial score (nSPS) is 13.4. The molecule has 0 aliphatic carbocycles. The van der Waals surface area contributed by atoms with E-state index in [9.17, 15) is 18.0 Å². The SMILES string of the molecule is Cc1c(C(=O)N(C)CC(O)C(F)(F)F)oc2ccc(Cl)cc12. The van der Waals surface area contributed by atoms with Crippen LogP contribution in [0.15, 0.2) is 22.6 Å². The third-order valence-corrected chi connectivity index (χ3v) is 3.50. The quantitative estimate of drug-likeness (QED) is 0.935. The minimum absolute atomic E-state index is 0.0749. The molecule has 0 fully saturated rings. The summed E-state index contributed by atoms with van der Waals surface area (Å²) in [5.74, 6) is -0.817. The van der Waals surface area contributed by atoms with Crippen molar-refractivity contribution < 1.29 is 27.5 Å². The lowest BCUT2D eigenvalue weighted by Gasteiger charge is -2.21. The molecule has 0 saturated heterocycles. The van der Waals surface area contributed by atoms with Crippen molar-refractivity contribution in [2.45, 2.75) is 19.2 Å². The number of furan rings is 1. The summed E-state index contributed by atoms with van der Waals surface area (Å²) in [6, 6.07) is 4.77. The second kappa shape index (κ2) is 5.81. The molecular formula is C14H13ClF3NO3.